The number of imidazole rings is 1. The Labute approximate surface area is 103 Å². The monoisotopic (exact) mass is 267 g/mol. The van der Waals surface area contributed by atoms with E-state index in [9.17, 15) is 13.2 Å². The van der Waals surface area contributed by atoms with Crippen molar-refractivity contribution in [3.63, 3.8) is 0 Å². The molecule has 17 heavy (non-hydrogen) atoms. The smallest absolute Gasteiger partial charge is 0.336 e. The lowest BCUT2D eigenvalue weighted by Crippen LogP contribution is -2.16. The SMILES string of the molecule is CCNCCc1cn(CCSC(F)(F)F)cn1. The number of rotatable bonds is 7. The second-order valence-corrected chi connectivity index (χ2v) is 4.66. The number of likely N-dealkylation sites (N-methyl/N-ethyl adjacent to an activating group) is 1. The summed E-state index contributed by atoms with van der Waals surface area (Å²) in [5.74, 6) is 0.0203. The van der Waals surface area contributed by atoms with E-state index in [0.717, 1.165) is 25.2 Å². The number of aryl methyl sites for hydroxylation is 1. The van der Waals surface area contributed by atoms with E-state index in [4.69, 9.17) is 0 Å². The van der Waals surface area contributed by atoms with Crippen molar-refractivity contribution in [2.45, 2.75) is 25.4 Å². The van der Waals surface area contributed by atoms with Gasteiger partial charge in [0.25, 0.3) is 0 Å². The molecule has 0 spiro atoms. The van der Waals surface area contributed by atoms with Crippen LogP contribution in [0.15, 0.2) is 12.5 Å². The average molecular weight is 267 g/mol. The maximum Gasteiger partial charge on any atom is 0.441 e. The van der Waals surface area contributed by atoms with Crippen molar-refractivity contribution in [1.29, 1.82) is 0 Å². The van der Waals surface area contributed by atoms with E-state index in [1.165, 1.54) is 0 Å². The van der Waals surface area contributed by atoms with Crippen molar-refractivity contribution in [1.82, 2.24) is 14.9 Å². The van der Waals surface area contributed by atoms with Gasteiger partial charge in [0.05, 0.1) is 12.0 Å². The Bertz CT molecular complexity index is 325. The van der Waals surface area contributed by atoms with Crippen LogP contribution in [0.1, 0.15) is 12.6 Å². The largest absolute Gasteiger partial charge is 0.441 e. The highest BCUT2D eigenvalue weighted by Crippen LogP contribution is 2.29. The zero-order valence-electron chi connectivity index (χ0n) is 9.63. The molecular formula is C10H16F3N3S. The third-order valence-electron chi connectivity index (χ3n) is 2.11. The van der Waals surface area contributed by atoms with Crippen LogP contribution >= 0.6 is 11.8 Å². The summed E-state index contributed by atoms with van der Waals surface area (Å²) in [6, 6.07) is 0. The minimum atomic E-state index is -4.14. The number of halogens is 3. The fraction of sp³-hybridized carbons (Fsp3) is 0.700. The molecular weight excluding hydrogens is 251 g/mol. The molecule has 0 aliphatic carbocycles. The number of hydrogen-bond donors (Lipinski definition) is 1. The standard InChI is InChI=1S/C10H16F3N3S/c1-2-14-4-3-9-7-16(8-15-9)5-6-17-10(11,12)13/h7-8,14H,2-6H2,1H3. The molecule has 0 saturated carbocycles. The first-order valence-electron chi connectivity index (χ1n) is 5.43. The Morgan fingerprint density at radius 1 is 1.47 bits per heavy atom. The highest BCUT2D eigenvalue weighted by molar-refractivity contribution is 8.00. The second-order valence-electron chi connectivity index (χ2n) is 3.50. The number of aromatic nitrogens is 2. The van der Waals surface area contributed by atoms with Gasteiger partial charge in [-0.25, -0.2) is 4.98 Å². The molecule has 0 amide bonds. The molecule has 1 rings (SSSR count). The Kier molecular flexibility index (Phi) is 5.84. The number of nitrogens with one attached hydrogen (secondary N) is 1. The zero-order chi connectivity index (χ0) is 12.7. The van der Waals surface area contributed by atoms with E-state index in [1.54, 1.807) is 17.1 Å². The van der Waals surface area contributed by atoms with Gasteiger partial charge in [0, 0.05) is 31.5 Å². The summed E-state index contributed by atoms with van der Waals surface area (Å²) < 4.78 is 37.4. The molecule has 3 nitrogen and oxygen atoms in total. The Morgan fingerprint density at radius 3 is 2.88 bits per heavy atom. The van der Waals surface area contributed by atoms with E-state index in [-0.39, 0.29) is 17.5 Å². The maximum atomic E-state index is 11.9. The van der Waals surface area contributed by atoms with Gasteiger partial charge in [-0.05, 0) is 18.3 Å². The van der Waals surface area contributed by atoms with Crippen LogP contribution in [0.3, 0.4) is 0 Å². The fourth-order valence-electron chi connectivity index (χ4n) is 1.32. The minimum Gasteiger partial charge on any atom is -0.336 e. The van der Waals surface area contributed by atoms with Crippen LogP contribution in [0.4, 0.5) is 13.2 Å². The molecule has 1 aromatic rings. The summed E-state index contributed by atoms with van der Waals surface area (Å²) in [7, 11) is 0. The fourth-order valence-corrected chi connectivity index (χ4v) is 1.85. The molecule has 0 saturated heterocycles. The number of thioether (sulfide) groups is 1. The first-order chi connectivity index (χ1) is 8.01. The van der Waals surface area contributed by atoms with E-state index in [1.807, 2.05) is 6.92 Å². The predicted molar refractivity (Wildman–Crippen MR) is 63.0 cm³/mol. The van der Waals surface area contributed by atoms with Gasteiger partial charge >= 0.3 is 5.51 Å². The van der Waals surface area contributed by atoms with Crippen LogP contribution in [0, 0.1) is 0 Å². The number of hydrogen-bond acceptors (Lipinski definition) is 3. The topological polar surface area (TPSA) is 29.9 Å². The average Bonchev–Trinajstić information content (AvgIpc) is 2.64. The molecule has 1 heterocycles. The highest BCUT2D eigenvalue weighted by Gasteiger charge is 2.27. The van der Waals surface area contributed by atoms with E-state index >= 15 is 0 Å². The minimum absolute atomic E-state index is 0.00181. The normalized spacial score (nSPS) is 12.0. The van der Waals surface area contributed by atoms with Gasteiger partial charge in [-0.3, -0.25) is 0 Å². The van der Waals surface area contributed by atoms with Gasteiger partial charge < -0.3 is 9.88 Å². The van der Waals surface area contributed by atoms with Crippen LogP contribution in [-0.4, -0.2) is 33.9 Å². The summed E-state index contributed by atoms with van der Waals surface area (Å²) in [5, 5.41) is 3.17. The predicted octanol–water partition coefficient (Wildman–Crippen LogP) is 2.29. The molecule has 0 unspecified atom stereocenters. The maximum absolute atomic E-state index is 11.9. The molecule has 0 bridgehead atoms. The number of nitrogens with zero attached hydrogens (tertiary/aromatic N) is 2. The lowest BCUT2D eigenvalue weighted by Gasteiger charge is -2.05. The molecule has 0 aliphatic rings. The van der Waals surface area contributed by atoms with Crippen molar-refractivity contribution in [2.75, 3.05) is 18.8 Å². The van der Waals surface area contributed by atoms with Crippen molar-refractivity contribution < 1.29 is 13.2 Å². The molecule has 7 heteroatoms. The molecule has 1 aromatic heterocycles. The first kappa shape index (κ1) is 14.4. The molecule has 1 N–H and O–H groups in total. The van der Waals surface area contributed by atoms with Crippen molar-refractivity contribution in [2.24, 2.45) is 0 Å². The van der Waals surface area contributed by atoms with Crippen molar-refractivity contribution in [3.05, 3.63) is 18.2 Å². The second kappa shape index (κ2) is 6.90. The van der Waals surface area contributed by atoms with E-state index in [0.29, 0.717) is 6.54 Å². The van der Waals surface area contributed by atoms with Crippen LogP contribution in [-0.2, 0) is 13.0 Å². The van der Waals surface area contributed by atoms with Crippen LogP contribution in [0.5, 0.6) is 0 Å². The molecule has 0 radical (unpaired) electrons. The molecule has 0 aliphatic heterocycles. The van der Waals surface area contributed by atoms with Crippen LogP contribution in [0.2, 0.25) is 0 Å². The lowest BCUT2D eigenvalue weighted by molar-refractivity contribution is -0.0328. The van der Waals surface area contributed by atoms with Crippen molar-refractivity contribution >= 4 is 11.8 Å². The highest BCUT2D eigenvalue weighted by atomic mass is 32.2. The zero-order valence-corrected chi connectivity index (χ0v) is 10.4. The Balaban J connectivity index is 2.26. The molecule has 98 valence electrons. The summed E-state index contributed by atoms with van der Waals surface area (Å²) in [4.78, 5) is 4.14. The van der Waals surface area contributed by atoms with Crippen LogP contribution in [0.25, 0.3) is 0 Å². The van der Waals surface area contributed by atoms with Gasteiger partial charge in [0.15, 0.2) is 0 Å². The molecule has 0 aromatic carbocycles. The van der Waals surface area contributed by atoms with Gasteiger partial charge in [-0.1, -0.05) is 6.92 Å². The Hall–Kier alpha value is -0.690. The molecule has 0 atom stereocenters. The van der Waals surface area contributed by atoms with E-state index in [2.05, 4.69) is 10.3 Å². The van der Waals surface area contributed by atoms with E-state index < -0.39 is 5.51 Å². The summed E-state index contributed by atoms with van der Waals surface area (Å²) >= 11 is -0.00181. The first-order valence-corrected chi connectivity index (χ1v) is 6.42. The summed E-state index contributed by atoms with van der Waals surface area (Å²) in [6.45, 7) is 4.10. The van der Waals surface area contributed by atoms with Crippen LogP contribution < -0.4 is 5.32 Å². The third-order valence-corrected chi connectivity index (χ3v) is 2.82. The third kappa shape index (κ3) is 6.58. The Morgan fingerprint density at radius 2 is 2.24 bits per heavy atom. The van der Waals surface area contributed by atoms with Crippen molar-refractivity contribution in [3.8, 4) is 0 Å². The summed E-state index contributed by atoms with van der Waals surface area (Å²) in [6.07, 6.45) is 4.18. The quantitative estimate of drug-likeness (QED) is 0.769. The number of alkyl halides is 3. The van der Waals surface area contributed by atoms with Gasteiger partial charge in [0.1, 0.15) is 0 Å². The van der Waals surface area contributed by atoms with Gasteiger partial charge in [0.2, 0.25) is 0 Å². The van der Waals surface area contributed by atoms with Gasteiger partial charge in [-0.15, -0.1) is 0 Å². The summed E-state index contributed by atoms with van der Waals surface area (Å²) in [5.41, 5.74) is -3.24. The molecule has 0 fully saturated rings. The lowest BCUT2D eigenvalue weighted by atomic mass is 10.3. The van der Waals surface area contributed by atoms with Gasteiger partial charge in [-0.2, -0.15) is 13.2 Å².